The summed E-state index contributed by atoms with van der Waals surface area (Å²) in [6, 6.07) is 0. The largest absolute Gasteiger partial charge is 0.348 e. The topological polar surface area (TPSA) is 55.6 Å². The molecule has 2 aromatic heterocycles. The standard InChI is InChI=1S/C12H10ClN5/c1-8-16-11(13)10-12(17-8)18(7-15-10)9-5-3-2-4-6-14-9/h2-7,14H,1H3. The molecule has 3 heterocycles. The van der Waals surface area contributed by atoms with Gasteiger partial charge in [-0.05, 0) is 19.1 Å². The Morgan fingerprint density at radius 2 is 2.11 bits per heavy atom. The van der Waals surface area contributed by atoms with Gasteiger partial charge in [0.2, 0.25) is 0 Å². The lowest BCUT2D eigenvalue weighted by atomic mass is 10.4. The smallest absolute Gasteiger partial charge is 0.170 e. The molecule has 2 aromatic rings. The zero-order chi connectivity index (χ0) is 12.5. The molecule has 0 amide bonds. The Labute approximate surface area is 109 Å². The molecule has 0 saturated carbocycles. The molecule has 0 radical (unpaired) electrons. The van der Waals surface area contributed by atoms with Crippen molar-refractivity contribution in [3.63, 3.8) is 0 Å². The van der Waals surface area contributed by atoms with E-state index in [1.54, 1.807) is 13.3 Å². The van der Waals surface area contributed by atoms with Gasteiger partial charge in [-0.1, -0.05) is 23.8 Å². The number of nitrogens with one attached hydrogen (secondary N) is 1. The highest BCUT2D eigenvalue weighted by molar-refractivity contribution is 6.33. The molecule has 6 heteroatoms. The second-order valence-corrected chi connectivity index (χ2v) is 4.15. The lowest BCUT2D eigenvalue weighted by Crippen LogP contribution is -2.10. The fourth-order valence-corrected chi connectivity index (χ4v) is 2.00. The van der Waals surface area contributed by atoms with Gasteiger partial charge in [0.05, 0.1) is 0 Å². The Hall–Kier alpha value is -2.14. The minimum absolute atomic E-state index is 0.372. The predicted octanol–water partition coefficient (Wildman–Crippen LogP) is 2.26. The van der Waals surface area contributed by atoms with Crippen molar-refractivity contribution in [1.82, 2.24) is 24.8 Å². The van der Waals surface area contributed by atoms with Crippen LogP contribution >= 0.6 is 11.6 Å². The summed E-state index contributed by atoms with van der Waals surface area (Å²) in [6.45, 7) is 1.80. The molecule has 0 bridgehead atoms. The van der Waals surface area contributed by atoms with Gasteiger partial charge in [-0.2, -0.15) is 0 Å². The Morgan fingerprint density at radius 3 is 3.00 bits per heavy atom. The summed E-state index contributed by atoms with van der Waals surface area (Å²) < 4.78 is 1.84. The van der Waals surface area contributed by atoms with Gasteiger partial charge >= 0.3 is 0 Å². The third-order valence-electron chi connectivity index (χ3n) is 2.53. The zero-order valence-corrected chi connectivity index (χ0v) is 10.4. The van der Waals surface area contributed by atoms with E-state index >= 15 is 0 Å². The van der Waals surface area contributed by atoms with Gasteiger partial charge in [-0.15, -0.1) is 0 Å². The number of aryl methyl sites for hydroxylation is 1. The van der Waals surface area contributed by atoms with Crippen LogP contribution in [0.3, 0.4) is 0 Å². The number of hydrogen-bond donors (Lipinski definition) is 1. The molecular formula is C12H10ClN5. The molecule has 0 atom stereocenters. The van der Waals surface area contributed by atoms with Crippen molar-refractivity contribution in [2.45, 2.75) is 6.92 Å². The summed E-state index contributed by atoms with van der Waals surface area (Å²) in [5.41, 5.74) is 1.29. The fraction of sp³-hybridized carbons (Fsp3) is 0.0833. The molecule has 1 aliphatic rings. The van der Waals surface area contributed by atoms with Crippen LogP contribution in [0.1, 0.15) is 5.82 Å². The zero-order valence-electron chi connectivity index (χ0n) is 9.63. The highest BCUT2D eigenvalue weighted by Gasteiger charge is 2.12. The molecule has 0 fully saturated rings. The van der Waals surface area contributed by atoms with E-state index in [-0.39, 0.29) is 0 Å². The maximum absolute atomic E-state index is 6.05. The van der Waals surface area contributed by atoms with Gasteiger partial charge in [-0.3, -0.25) is 4.57 Å². The van der Waals surface area contributed by atoms with Gasteiger partial charge < -0.3 is 5.32 Å². The molecule has 5 nitrogen and oxygen atoms in total. The van der Waals surface area contributed by atoms with Crippen molar-refractivity contribution in [2.75, 3.05) is 0 Å². The molecule has 0 unspecified atom stereocenters. The van der Waals surface area contributed by atoms with E-state index in [2.05, 4.69) is 20.3 Å². The van der Waals surface area contributed by atoms with E-state index in [9.17, 15) is 0 Å². The van der Waals surface area contributed by atoms with Gasteiger partial charge in [-0.25, -0.2) is 15.0 Å². The number of aromatic nitrogens is 4. The van der Waals surface area contributed by atoms with E-state index in [1.165, 1.54) is 0 Å². The summed E-state index contributed by atoms with van der Waals surface area (Å²) in [5, 5.41) is 3.52. The first kappa shape index (κ1) is 11.0. The monoisotopic (exact) mass is 259 g/mol. The lowest BCUT2D eigenvalue weighted by molar-refractivity contribution is 0.982. The minimum Gasteiger partial charge on any atom is -0.348 e. The average molecular weight is 260 g/mol. The highest BCUT2D eigenvalue weighted by atomic mass is 35.5. The number of nitrogens with zero attached hydrogens (tertiary/aromatic N) is 4. The van der Waals surface area contributed by atoms with E-state index in [4.69, 9.17) is 11.6 Å². The Bertz CT molecular complexity index is 696. The van der Waals surface area contributed by atoms with Crippen LogP contribution in [0.4, 0.5) is 0 Å². The fourth-order valence-electron chi connectivity index (χ4n) is 1.74. The number of fused-ring (bicyclic) bond motifs is 1. The SMILES string of the molecule is Cc1nc(Cl)c2ncn(C3=CC=CC=CN3)c2n1. The molecule has 1 N–H and O–H groups in total. The van der Waals surface area contributed by atoms with E-state index in [1.807, 2.05) is 35.1 Å². The van der Waals surface area contributed by atoms with E-state index in [0.717, 1.165) is 5.82 Å². The Kier molecular flexibility index (Phi) is 2.60. The van der Waals surface area contributed by atoms with Crippen molar-refractivity contribution in [3.05, 3.63) is 47.8 Å². The van der Waals surface area contributed by atoms with Crippen LogP contribution in [0.15, 0.2) is 36.8 Å². The number of rotatable bonds is 1. The quantitative estimate of drug-likeness (QED) is 0.798. The number of hydrogen-bond acceptors (Lipinski definition) is 4. The Balaban J connectivity index is 2.21. The maximum Gasteiger partial charge on any atom is 0.170 e. The predicted molar refractivity (Wildman–Crippen MR) is 70.8 cm³/mol. The van der Waals surface area contributed by atoms with Crippen LogP contribution in [-0.4, -0.2) is 19.5 Å². The van der Waals surface area contributed by atoms with Gasteiger partial charge in [0, 0.05) is 6.20 Å². The molecule has 1 aliphatic heterocycles. The van der Waals surface area contributed by atoms with Crippen molar-refractivity contribution in [3.8, 4) is 0 Å². The van der Waals surface area contributed by atoms with Crippen LogP contribution in [0, 0.1) is 6.92 Å². The molecule has 0 aromatic carbocycles. The first-order valence-electron chi connectivity index (χ1n) is 5.43. The molecule has 0 aliphatic carbocycles. The summed E-state index contributed by atoms with van der Waals surface area (Å²) >= 11 is 6.05. The molecule has 18 heavy (non-hydrogen) atoms. The molecule has 90 valence electrons. The van der Waals surface area contributed by atoms with Crippen LogP contribution in [0.5, 0.6) is 0 Å². The summed E-state index contributed by atoms with van der Waals surface area (Å²) in [5.74, 6) is 1.48. The third-order valence-corrected chi connectivity index (χ3v) is 2.79. The second kappa shape index (κ2) is 4.27. The van der Waals surface area contributed by atoms with Crippen LogP contribution in [0.2, 0.25) is 5.15 Å². The first-order chi connectivity index (χ1) is 8.75. The van der Waals surface area contributed by atoms with E-state index in [0.29, 0.717) is 22.1 Å². The van der Waals surface area contributed by atoms with Crippen LogP contribution in [0.25, 0.3) is 17.0 Å². The number of imidazole rings is 1. The van der Waals surface area contributed by atoms with Crippen molar-refractivity contribution < 1.29 is 0 Å². The van der Waals surface area contributed by atoms with E-state index < -0.39 is 0 Å². The third kappa shape index (κ3) is 1.78. The van der Waals surface area contributed by atoms with Crippen molar-refractivity contribution >= 4 is 28.6 Å². The summed E-state index contributed by atoms with van der Waals surface area (Å²) in [6.07, 6.45) is 11.2. The Morgan fingerprint density at radius 1 is 1.22 bits per heavy atom. The van der Waals surface area contributed by atoms with Gasteiger partial charge in [0.1, 0.15) is 23.5 Å². The van der Waals surface area contributed by atoms with Crippen LogP contribution in [-0.2, 0) is 0 Å². The highest BCUT2D eigenvalue weighted by Crippen LogP contribution is 2.20. The molecule has 0 saturated heterocycles. The number of halogens is 1. The maximum atomic E-state index is 6.05. The molecular weight excluding hydrogens is 250 g/mol. The van der Waals surface area contributed by atoms with Gasteiger partial charge in [0.25, 0.3) is 0 Å². The van der Waals surface area contributed by atoms with Crippen molar-refractivity contribution in [2.24, 2.45) is 0 Å². The normalized spacial score (nSPS) is 14.4. The first-order valence-corrected chi connectivity index (χ1v) is 5.81. The van der Waals surface area contributed by atoms with Gasteiger partial charge in [0.15, 0.2) is 10.8 Å². The number of allylic oxidation sites excluding steroid dienone is 4. The molecule has 0 spiro atoms. The average Bonchev–Trinajstić information content (AvgIpc) is 2.59. The summed E-state index contributed by atoms with van der Waals surface area (Å²) in [7, 11) is 0. The lowest BCUT2D eigenvalue weighted by Gasteiger charge is -2.07. The van der Waals surface area contributed by atoms with Crippen molar-refractivity contribution in [1.29, 1.82) is 0 Å². The molecule has 3 rings (SSSR count). The van der Waals surface area contributed by atoms with Crippen LogP contribution < -0.4 is 5.32 Å². The second-order valence-electron chi connectivity index (χ2n) is 3.79. The summed E-state index contributed by atoms with van der Waals surface area (Å²) in [4.78, 5) is 12.7. The minimum atomic E-state index is 0.372.